The molecule has 8 nitrogen and oxygen atoms in total. The number of hydrogen-bond acceptors (Lipinski definition) is 4. The zero-order valence-corrected chi connectivity index (χ0v) is 20.3. The van der Waals surface area contributed by atoms with Crippen molar-refractivity contribution in [3.63, 3.8) is 0 Å². The van der Waals surface area contributed by atoms with Crippen LogP contribution in [0.3, 0.4) is 0 Å². The van der Waals surface area contributed by atoms with Crippen LogP contribution in [0.5, 0.6) is 0 Å². The van der Waals surface area contributed by atoms with E-state index in [4.69, 9.17) is 0 Å². The number of carbonyl (C=O) groups is 2. The van der Waals surface area contributed by atoms with Gasteiger partial charge in [0.2, 0.25) is 0 Å². The summed E-state index contributed by atoms with van der Waals surface area (Å²) in [5.74, 6) is -0.665. The highest BCUT2D eigenvalue weighted by Crippen LogP contribution is 2.40. The molecular weight excluding hydrogens is 444 g/mol. The molecule has 1 atom stereocenters. The summed E-state index contributed by atoms with van der Waals surface area (Å²) >= 11 is 0. The molecule has 2 N–H and O–H groups in total. The van der Waals surface area contributed by atoms with Crippen LogP contribution in [0.2, 0.25) is 0 Å². The third-order valence-electron chi connectivity index (χ3n) is 6.62. The number of hydrogen-bond donors (Lipinski definition) is 2. The average molecular weight is 478 g/mol. The number of nitrogens with zero attached hydrogens (tertiary/aromatic N) is 4. The van der Waals surface area contributed by atoms with Crippen molar-refractivity contribution in [3.8, 4) is 0 Å². The fraction of sp³-hybridized carbons (Fsp3) is 0.370. The summed E-state index contributed by atoms with van der Waals surface area (Å²) in [5.41, 5.74) is 4.28. The SMILES string of the molecule is CCN1c2ccccc2N(CCC(=O)O)C1CC=Cc1n(CC)c2ccccc2[n+]1CCC(=O)O. The maximum atomic E-state index is 11.3. The summed E-state index contributed by atoms with van der Waals surface area (Å²) < 4.78 is 4.28. The van der Waals surface area contributed by atoms with Crippen LogP contribution in [0.4, 0.5) is 11.4 Å². The molecule has 1 unspecified atom stereocenters. The van der Waals surface area contributed by atoms with Crippen molar-refractivity contribution in [3.05, 3.63) is 60.4 Å². The minimum Gasteiger partial charge on any atom is -0.481 e. The van der Waals surface area contributed by atoms with Gasteiger partial charge in [0, 0.05) is 25.6 Å². The zero-order chi connectivity index (χ0) is 24.9. The van der Waals surface area contributed by atoms with E-state index < -0.39 is 11.9 Å². The van der Waals surface area contributed by atoms with Gasteiger partial charge >= 0.3 is 11.9 Å². The van der Waals surface area contributed by atoms with E-state index in [-0.39, 0.29) is 19.0 Å². The van der Waals surface area contributed by atoms with Gasteiger partial charge in [0.1, 0.15) is 12.7 Å². The number of aliphatic carboxylic acids is 2. The van der Waals surface area contributed by atoms with Crippen molar-refractivity contribution in [2.24, 2.45) is 0 Å². The fourth-order valence-electron chi connectivity index (χ4n) is 5.12. The monoisotopic (exact) mass is 477 g/mol. The molecule has 0 spiro atoms. The van der Waals surface area contributed by atoms with E-state index in [9.17, 15) is 19.8 Å². The van der Waals surface area contributed by atoms with Gasteiger partial charge < -0.3 is 20.0 Å². The Kier molecular flexibility index (Phi) is 7.39. The molecule has 4 rings (SSSR count). The molecule has 8 heteroatoms. The first kappa shape index (κ1) is 24.3. The molecule has 184 valence electrons. The molecule has 0 bridgehead atoms. The van der Waals surface area contributed by atoms with E-state index in [1.807, 2.05) is 30.3 Å². The average Bonchev–Trinajstić information content (AvgIpc) is 3.32. The van der Waals surface area contributed by atoms with Gasteiger partial charge in [-0.3, -0.25) is 9.59 Å². The van der Waals surface area contributed by atoms with Crippen LogP contribution in [0.25, 0.3) is 17.1 Å². The third kappa shape index (κ3) is 4.87. The van der Waals surface area contributed by atoms with Crippen LogP contribution in [-0.4, -0.2) is 46.0 Å². The molecule has 0 saturated heterocycles. The van der Waals surface area contributed by atoms with Crippen molar-refractivity contribution in [1.82, 2.24) is 4.57 Å². The van der Waals surface area contributed by atoms with Crippen molar-refractivity contribution in [1.29, 1.82) is 0 Å². The first-order chi connectivity index (χ1) is 17.0. The molecule has 35 heavy (non-hydrogen) atoms. The van der Waals surface area contributed by atoms with Crippen LogP contribution in [0.15, 0.2) is 54.6 Å². The number of carboxylic acids is 2. The normalized spacial score (nSPS) is 15.3. The van der Waals surface area contributed by atoms with Crippen molar-refractivity contribution < 1.29 is 24.4 Å². The molecule has 1 aliphatic rings. The second kappa shape index (κ2) is 10.6. The van der Waals surface area contributed by atoms with Gasteiger partial charge in [0.15, 0.2) is 11.0 Å². The number of imidazole rings is 1. The summed E-state index contributed by atoms with van der Waals surface area (Å²) in [7, 11) is 0. The zero-order valence-electron chi connectivity index (χ0n) is 20.3. The molecule has 0 aliphatic carbocycles. The minimum atomic E-state index is -0.822. The number of aromatic nitrogens is 2. The summed E-state index contributed by atoms with van der Waals surface area (Å²) in [4.78, 5) is 27.1. The standard InChI is InChI=1S/C27H32N4O4/c1-3-28-20-10-5-7-12-22(20)30(18-16-26(32)33)24(28)14-9-15-25-29(4-2)21-11-6-8-13-23(21)31(25)19-17-27(34)35/h5-14,25H,3-4,15-19H2,1-2H3,(H-,32,33,34,35)/p+1. The highest BCUT2D eigenvalue weighted by molar-refractivity contribution is 5.79. The Morgan fingerprint density at radius 1 is 0.914 bits per heavy atom. The number of para-hydroxylation sites is 4. The first-order valence-electron chi connectivity index (χ1n) is 12.2. The maximum Gasteiger partial charge on any atom is 0.307 e. The van der Waals surface area contributed by atoms with E-state index in [1.165, 1.54) is 0 Å². The van der Waals surface area contributed by atoms with Gasteiger partial charge in [-0.2, -0.15) is 0 Å². The van der Waals surface area contributed by atoms with Gasteiger partial charge in [-0.25, -0.2) is 9.13 Å². The highest BCUT2D eigenvalue weighted by atomic mass is 16.4. The molecule has 3 aromatic rings. The van der Waals surface area contributed by atoms with Crippen LogP contribution in [0.1, 0.15) is 38.9 Å². The maximum absolute atomic E-state index is 11.3. The Labute approximate surface area is 205 Å². The second-order valence-corrected chi connectivity index (χ2v) is 8.62. The Bertz CT molecular complexity index is 1250. The molecule has 0 amide bonds. The number of anilines is 2. The molecule has 0 radical (unpaired) electrons. The van der Waals surface area contributed by atoms with Gasteiger partial charge in [-0.15, -0.1) is 0 Å². The van der Waals surface area contributed by atoms with Gasteiger partial charge in [0.25, 0.3) is 5.82 Å². The summed E-state index contributed by atoms with van der Waals surface area (Å²) in [6, 6.07) is 16.2. The molecule has 2 heterocycles. The van der Waals surface area contributed by atoms with Crippen LogP contribution in [-0.2, 0) is 22.7 Å². The Balaban J connectivity index is 1.67. The predicted molar refractivity (Wildman–Crippen MR) is 137 cm³/mol. The van der Waals surface area contributed by atoms with Gasteiger partial charge in [0.05, 0.1) is 30.8 Å². The molecule has 2 aromatic carbocycles. The Hall–Kier alpha value is -3.81. The summed E-state index contributed by atoms with van der Waals surface area (Å²) in [6.45, 7) is 6.61. The Morgan fingerprint density at radius 3 is 2.23 bits per heavy atom. The van der Waals surface area contributed by atoms with E-state index in [2.05, 4.69) is 63.1 Å². The van der Waals surface area contributed by atoms with Gasteiger partial charge in [-0.1, -0.05) is 30.3 Å². The molecular formula is C27H33N4O4+. The molecule has 0 saturated carbocycles. The number of benzene rings is 2. The lowest BCUT2D eigenvalue weighted by molar-refractivity contribution is -0.673. The van der Waals surface area contributed by atoms with Crippen LogP contribution in [0, 0.1) is 0 Å². The summed E-state index contributed by atoms with van der Waals surface area (Å²) in [6.07, 6.45) is 5.05. The fourth-order valence-corrected chi connectivity index (χ4v) is 5.12. The molecule has 1 aliphatic heterocycles. The highest BCUT2D eigenvalue weighted by Gasteiger charge is 2.34. The van der Waals surface area contributed by atoms with E-state index in [1.54, 1.807) is 0 Å². The van der Waals surface area contributed by atoms with Crippen LogP contribution >= 0.6 is 0 Å². The number of carboxylic acid groups (broad SMARTS) is 2. The lowest BCUT2D eigenvalue weighted by Gasteiger charge is -2.31. The quantitative estimate of drug-likeness (QED) is 0.406. The molecule has 0 fully saturated rings. The first-order valence-corrected chi connectivity index (χ1v) is 12.2. The van der Waals surface area contributed by atoms with Crippen molar-refractivity contribution in [2.45, 2.75) is 52.4 Å². The Morgan fingerprint density at radius 2 is 1.57 bits per heavy atom. The van der Waals surface area contributed by atoms with Crippen LogP contribution < -0.4 is 14.4 Å². The lowest BCUT2D eigenvalue weighted by Crippen LogP contribution is -2.43. The molecule has 1 aromatic heterocycles. The van der Waals surface area contributed by atoms with E-state index in [0.29, 0.717) is 19.5 Å². The van der Waals surface area contributed by atoms with E-state index in [0.717, 1.165) is 41.3 Å². The number of aryl methyl sites for hydroxylation is 2. The number of fused-ring (bicyclic) bond motifs is 2. The van der Waals surface area contributed by atoms with Crippen molar-refractivity contribution in [2.75, 3.05) is 22.9 Å². The van der Waals surface area contributed by atoms with E-state index >= 15 is 0 Å². The number of rotatable bonds is 11. The smallest absolute Gasteiger partial charge is 0.307 e. The predicted octanol–water partition coefficient (Wildman–Crippen LogP) is 3.97. The van der Waals surface area contributed by atoms with Gasteiger partial charge in [-0.05, 0) is 38.1 Å². The second-order valence-electron chi connectivity index (χ2n) is 8.62. The summed E-state index contributed by atoms with van der Waals surface area (Å²) in [5, 5.41) is 18.6. The lowest BCUT2D eigenvalue weighted by atomic mass is 10.2. The third-order valence-corrected chi connectivity index (χ3v) is 6.62. The van der Waals surface area contributed by atoms with Crippen molar-refractivity contribution >= 4 is 40.4 Å². The minimum absolute atomic E-state index is 0.0138. The largest absolute Gasteiger partial charge is 0.481 e. The topological polar surface area (TPSA) is 89.9 Å².